The van der Waals surface area contributed by atoms with Gasteiger partial charge in [-0.25, -0.2) is 8.78 Å². The van der Waals surface area contributed by atoms with Crippen molar-refractivity contribution in [3.63, 3.8) is 0 Å². The lowest BCUT2D eigenvalue weighted by Crippen LogP contribution is -2.31. The van der Waals surface area contributed by atoms with E-state index in [1.165, 1.54) is 13.0 Å². The third-order valence-electron chi connectivity index (χ3n) is 2.70. The Kier molecular flexibility index (Phi) is 5.73. The first-order chi connectivity index (χ1) is 8.81. The van der Waals surface area contributed by atoms with Crippen molar-refractivity contribution in [1.82, 2.24) is 5.32 Å². The summed E-state index contributed by atoms with van der Waals surface area (Å²) < 4.78 is 26.6. The lowest BCUT2D eigenvalue weighted by Gasteiger charge is -2.13. The first kappa shape index (κ1) is 15.9. The summed E-state index contributed by atoms with van der Waals surface area (Å²) in [6.45, 7) is 5.80. The molecule has 0 radical (unpaired) electrons. The van der Waals surface area contributed by atoms with Crippen LogP contribution in [0.15, 0.2) is 12.1 Å². The fourth-order valence-electron chi connectivity index (χ4n) is 1.72. The zero-order valence-electron chi connectivity index (χ0n) is 11.3. The van der Waals surface area contributed by atoms with Crippen molar-refractivity contribution in [2.24, 2.45) is 5.92 Å². The van der Waals surface area contributed by atoms with Crippen LogP contribution in [-0.2, 0) is 0 Å². The number of aryl methyl sites for hydroxylation is 1. The first-order valence-electron chi connectivity index (χ1n) is 6.19. The van der Waals surface area contributed by atoms with Gasteiger partial charge in [0, 0.05) is 12.6 Å². The predicted octanol–water partition coefficient (Wildman–Crippen LogP) is 3.66. The molecule has 0 aliphatic rings. The Labute approximate surface area is 117 Å². The first-order valence-corrected chi connectivity index (χ1v) is 6.62. The van der Waals surface area contributed by atoms with E-state index in [4.69, 9.17) is 11.6 Å². The van der Waals surface area contributed by atoms with Gasteiger partial charge in [-0.05, 0) is 30.9 Å². The van der Waals surface area contributed by atoms with Crippen molar-refractivity contribution in [2.45, 2.75) is 32.6 Å². The molecule has 0 fully saturated rings. The molecule has 0 saturated heterocycles. The second-order valence-electron chi connectivity index (χ2n) is 5.02. The van der Waals surface area contributed by atoms with Crippen LogP contribution >= 0.6 is 11.6 Å². The molecule has 0 bridgehead atoms. The number of rotatable bonds is 5. The Morgan fingerprint density at radius 2 is 1.95 bits per heavy atom. The molecule has 1 N–H and O–H groups in total. The zero-order valence-corrected chi connectivity index (χ0v) is 12.0. The van der Waals surface area contributed by atoms with Crippen LogP contribution in [0, 0.1) is 24.5 Å². The molecule has 1 amide bonds. The minimum Gasteiger partial charge on any atom is -0.350 e. The van der Waals surface area contributed by atoms with Crippen molar-refractivity contribution in [1.29, 1.82) is 0 Å². The quantitative estimate of drug-likeness (QED) is 0.824. The Morgan fingerprint density at radius 1 is 1.32 bits per heavy atom. The van der Waals surface area contributed by atoms with Gasteiger partial charge in [-0.15, -0.1) is 11.6 Å². The van der Waals surface area contributed by atoms with Gasteiger partial charge >= 0.3 is 0 Å². The predicted molar refractivity (Wildman–Crippen MR) is 72.5 cm³/mol. The van der Waals surface area contributed by atoms with Gasteiger partial charge in [-0.1, -0.05) is 13.8 Å². The summed E-state index contributed by atoms with van der Waals surface area (Å²) in [6.07, 6.45) is 0.757. The molecule has 106 valence electrons. The van der Waals surface area contributed by atoms with Crippen molar-refractivity contribution >= 4 is 17.5 Å². The summed E-state index contributed by atoms with van der Waals surface area (Å²) in [5, 5.41) is 2.36. The normalized spacial score (nSPS) is 12.6. The second kappa shape index (κ2) is 6.85. The van der Waals surface area contributed by atoms with E-state index in [0.717, 1.165) is 12.5 Å². The highest BCUT2D eigenvalue weighted by molar-refractivity contribution is 6.21. The number of hydrogen-bond acceptors (Lipinski definition) is 1. The lowest BCUT2D eigenvalue weighted by molar-refractivity contribution is 0.0948. The monoisotopic (exact) mass is 289 g/mol. The van der Waals surface area contributed by atoms with E-state index >= 15 is 0 Å². The van der Waals surface area contributed by atoms with Crippen LogP contribution in [-0.4, -0.2) is 17.8 Å². The van der Waals surface area contributed by atoms with Crippen LogP contribution in [0.2, 0.25) is 0 Å². The molecule has 1 rings (SSSR count). The molecule has 1 atom stereocenters. The maximum atomic E-state index is 13.5. The van der Waals surface area contributed by atoms with E-state index in [0.29, 0.717) is 5.92 Å². The number of amides is 1. The van der Waals surface area contributed by atoms with Crippen LogP contribution in [0.1, 0.15) is 36.2 Å². The van der Waals surface area contributed by atoms with Crippen molar-refractivity contribution in [3.05, 3.63) is 34.9 Å². The summed E-state index contributed by atoms with van der Waals surface area (Å²) in [5.74, 6) is -1.68. The molecule has 0 aliphatic carbocycles. The molecule has 5 heteroatoms. The van der Waals surface area contributed by atoms with Gasteiger partial charge in [0.1, 0.15) is 11.6 Å². The molecular formula is C14H18ClF2NO. The Bertz CT molecular complexity index is 463. The highest BCUT2D eigenvalue weighted by Gasteiger charge is 2.16. The minimum absolute atomic E-state index is 0.160. The SMILES string of the molecule is Cc1cc(C(=O)NCC(Cl)CC(C)C)c(F)cc1F. The Morgan fingerprint density at radius 3 is 2.53 bits per heavy atom. The maximum absolute atomic E-state index is 13.5. The summed E-state index contributed by atoms with van der Waals surface area (Å²) in [4.78, 5) is 11.8. The Hall–Kier alpha value is -1.16. The fourth-order valence-corrected chi connectivity index (χ4v) is 2.16. The molecular weight excluding hydrogens is 272 g/mol. The molecule has 1 aromatic carbocycles. The lowest BCUT2D eigenvalue weighted by atomic mass is 10.1. The number of benzene rings is 1. The number of carbonyl (C=O) groups is 1. The molecule has 0 heterocycles. The number of nitrogens with one attached hydrogen (secondary N) is 1. The second-order valence-corrected chi connectivity index (χ2v) is 5.64. The highest BCUT2D eigenvalue weighted by Crippen LogP contribution is 2.15. The van der Waals surface area contributed by atoms with E-state index in [-0.39, 0.29) is 23.0 Å². The largest absolute Gasteiger partial charge is 0.350 e. The van der Waals surface area contributed by atoms with Crippen LogP contribution in [0.4, 0.5) is 8.78 Å². The van der Waals surface area contributed by atoms with Gasteiger partial charge < -0.3 is 5.32 Å². The molecule has 2 nitrogen and oxygen atoms in total. The van der Waals surface area contributed by atoms with E-state index in [1.54, 1.807) is 0 Å². The molecule has 1 unspecified atom stereocenters. The molecule has 1 aromatic rings. The maximum Gasteiger partial charge on any atom is 0.254 e. The molecule has 0 aliphatic heterocycles. The average molecular weight is 290 g/mol. The van der Waals surface area contributed by atoms with Gasteiger partial charge in [-0.3, -0.25) is 4.79 Å². The van der Waals surface area contributed by atoms with Gasteiger partial charge in [0.15, 0.2) is 0 Å². The van der Waals surface area contributed by atoms with Gasteiger partial charge in [0.2, 0.25) is 0 Å². The minimum atomic E-state index is -0.865. The van der Waals surface area contributed by atoms with Crippen LogP contribution in [0.5, 0.6) is 0 Å². The van der Waals surface area contributed by atoms with E-state index in [2.05, 4.69) is 5.32 Å². The zero-order chi connectivity index (χ0) is 14.6. The number of hydrogen-bond donors (Lipinski definition) is 1. The summed E-state index contributed by atoms with van der Waals surface area (Å²) in [7, 11) is 0. The van der Waals surface area contributed by atoms with Crippen molar-refractivity contribution in [2.75, 3.05) is 6.54 Å². The smallest absolute Gasteiger partial charge is 0.254 e. The van der Waals surface area contributed by atoms with Crippen LogP contribution in [0.25, 0.3) is 0 Å². The molecule has 0 aromatic heterocycles. The highest BCUT2D eigenvalue weighted by atomic mass is 35.5. The summed E-state index contributed by atoms with van der Waals surface area (Å²) in [5.41, 5.74) is 0.0727. The van der Waals surface area contributed by atoms with Crippen LogP contribution in [0.3, 0.4) is 0 Å². The van der Waals surface area contributed by atoms with Gasteiger partial charge in [0.05, 0.1) is 10.9 Å². The molecule has 19 heavy (non-hydrogen) atoms. The summed E-state index contributed by atoms with van der Waals surface area (Å²) in [6, 6.07) is 1.92. The third kappa shape index (κ3) is 4.78. The third-order valence-corrected chi connectivity index (χ3v) is 3.04. The topological polar surface area (TPSA) is 29.1 Å². The van der Waals surface area contributed by atoms with E-state index in [9.17, 15) is 13.6 Å². The van der Waals surface area contributed by atoms with Gasteiger partial charge in [-0.2, -0.15) is 0 Å². The Balaban J connectivity index is 2.66. The van der Waals surface area contributed by atoms with E-state index in [1.807, 2.05) is 13.8 Å². The summed E-state index contributed by atoms with van der Waals surface area (Å²) >= 11 is 6.04. The molecule has 0 spiro atoms. The molecule has 0 saturated carbocycles. The van der Waals surface area contributed by atoms with E-state index < -0.39 is 17.5 Å². The van der Waals surface area contributed by atoms with Crippen molar-refractivity contribution < 1.29 is 13.6 Å². The average Bonchev–Trinajstić information content (AvgIpc) is 2.30. The number of halogens is 3. The van der Waals surface area contributed by atoms with Crippen LogP contribution < -0.4 is 5.32 Å². The van der Waals surface area contributed by atoms with Crippen molar-refractivity contribution in [3.8, 4) is 0 Å². The van der Waals surface area contributed by atoms with Gasteiger partial charge in [0.25, 0.3) is 5.91 Å². The number of carbonyl (C=O) groups excluding carboxylic acids is 1. The number of alkyl halides is 1. The standard InChI is InChI=1S/C14H18ClF2NO/c1-8(2)4-10(15)7-18-14(19)11-5-9(3)12(16)6-13(11)17/h5-6,8,10H,4,7H2,1-3H3,(H,18,19). The fraction of sp³-hybridized carbons (Fsp3) is 0.500.